The first-order valence-electron chi connectivity index (χ1n) is 19.4. The van der Waals surface area contributed by atoms with Gasteiger partial charge in [-0.05, 0) is 82.0 Å². The maximum absolute atomic E-state index is 11.2. The second kappa shape index (κ2) is 18.2. The van der Waals surface area contributed by atoms with Crippen LogP contribution in [-0.4, -0.2) is 34.7 Å². The zero-order valence-corrected chi connectivity index (χ0v) is 36.1. The van der Waals surface area contributed by atoms with Crippen molar-refractivity contribution in [1.29, 1.82) is 0 Å². The summed E-state index contributed by atoms with van der Waals surface area (Å²) in [6, 6.07) is 24.3. The molecular weight excluding hydrogens is 727 g/mol. The maximum atomic E-state index is 11.2. The Bertz CT molecular complexity index is 1810. The number of aromatic hydroxyl groups is 2. The second-order valence-corrected chi connectivity index (χ2v) is 18.8. The number of benzene rings is 4. The number of nitrogens with zero attached hydrogens (tertiary/aromatic N) is 2. The SMILES string of the molecule is CC(C)(C)c1cc(C=N[C@@H]2CCCC[C@H]2N=Cc2cc(C(C)(C)C)cc(C(C)(C)C)c2O)c(O)c(C(C)(C)C)c1.[Co].[O-]c1ccc(Oc2ccccc2)cc1. The van der Waals surface area contributed by atoms with Crippen molar-refractivity contribution in [1.82, 2.24) is 0 Å². The van der Waals surface area contributed by atoms with Crippen molar-refractivity contribution in [3.63, 3.8) is 0 Å². The van der Waals surface area contributed by atoms with Gasteiger partial charge in [0.05, 0.1) is 12.1 Å². The molecule has 1 saturated carbocycles. The zero-order chi connectivity index (χ0) is 40.1. The van der Waals surface area contributed by atoms with E-state index in [1.165, 1.54) is 23.3 Å². The third-order valence-corrected chi connectivity index (χ3v) is 9.93. The molecule has 5 rings (SSSR count). The number of aliphatic imine (C=N–C) groups is 2. The molecular formula is C48H63CoN2O4-. The summed E-state index contributed by atoms with van der Waals surface area (Å²) in [5.41, 5.74) is 5.39. The van der Waals surface area contributed by atoms with Gasteiger partial charge >= 0.3 is 0 Å². The van der Waals surface area contributed by atoms with Crippen molar-refractivity contribution in [2.75, 3.05) is 0 Å². The van der Waals surface area contributed by atoms with Crippen LogP contribution < -0.4 is 9.84 Å². The Morgan fingerprint density at radius 1 is 0.564 bits per heavy atom. The minimum absolute atomic E-state index is 0. The van der Waals surface area contributed by atoms with Crippen molar-refractivity contribution in [2.24, 2.45) is 9.98 Å². The number of hydrogen-bond acceptors (Lipinski definition) is 6. The molecule has 0 heterocycles. The van der Waals surface area contributed by atoms with Gasteiger partial charge in [0.25, 0.3) is 0 Å². The van der Waals surface area contributed by atoms with Crippen LogP contribution in [0.4, 0.5) is 0 Å². The van der Waals surface area contributed by atoms with Gasteiger partial charge in [0.2, 0.25) is 0 Å². The average Bonchev–Trinajstić information content (AvgIpc) is 3.07. The van der Waals surface area contributed by atoms with E-state index in [4.69, 9.17) is 14.7 Å². The van der Waals surface area contributed by atoms with Gasteiger partial charge in [-0.3, -0.25) is 9.98 Å². The predicted octanol–water partition coefficient (Wildman–Crippen LogP) is 11.7. The van der Waals surface area contributed by atoms with Gasteiger partial charge < -0.3 is 20.1 Å². The van der Waals surface area contributed by atoms with Crippen LogP contribution in [-0.2, 0) is 38.4 Å². The molecule has 55 heavy (non-hydrogen) atoms. The monoisotopic (exact) mass is 790 g/mol. The average molecular weight is 791 g/mol. The summed E-state index contributed by atoms with van der Waals surface area (Å²) in [6.45, 7) is 26.0. The number of phenols is 2. The summed E-state index contributed by atoms with van der Waals surface area (Å²) >= 11 is 0. The molecule has 4 aromatic carbocycles. The molecule has 2 atom stereocenters. The van der Waals surface area contributed by atoms with Crippen LogP contribution in [0.5, 0.6) is 28.7 Å². The Kier molecular flexibility index (Phi) is 15.0. The van der Waals surface area contributed by atoms with Crippen LogP contribution in [0.15, 0.2) is 88.8 Å². The third-order valence-electron chi connectivity index (χ3n) is 9.93. The van der Waals surface area contributed by atoms with E-state index < -0.39 is 0 Å². The second-order valence-electron chi connectivity index (χ2n) is 18.8. The largest absolute Gasteiger partial charge is 0.872 e. The van der Waals surface area contributed by atoms with Gasteiger partial charge in [-0.2, -0.15) is 0 Å². The molecule has 1 aliphatic carbocycles. The van der Waals surface area contributed by atoms with Gasteiger partial charge in [0.15, 0.2) is 0 Å². The van der Waals surface area contributed by atoms with Gasteiger partial charge in [-0.25, -0.2) is 0 Å². The third kappa shape index (κ3) is 12.7. The smallest absolute Gasteiger partial charge is 0.128 e. The fourth-order valence-electron chi connectivity index (χ4n) is 6.44. The summed E-state index contributed by atoms with van der Waals surface area (Å²) in [4.78, 5) is 10.1. The van der Waals surface area contributed by atoms with E-state index in [-0.39, 0.29) is 56.3 Å². The Balaban J connectivity index is 0.000000451. The van der Waals surface area contributed by atoms with E-state index in [0.717, 1.165) is 53.7 Å². The molecule has 0 aromatic heterocycles. The standard InChI is InChI=1S/C36H54N2O2.C12H10O2.Co/c1-33(2,3)25-17-23(31(39)27(19-25)35(7,8)9)21-37-29-15-13-14-16-30(29)38-22-24-18-26(34(4,5)6)20-28(32(24)40)36(10,11)12;13-10-6-8-12(9-7-10)14-11-4-2-1-3-5-11;/h17-22,29-30,39-40H,13-16H2,1-12H3;1-9,13H;/p-1/t29-,30-;;/m1../s1. The van der Waals surface area contributed by atoms with Crippen molar-refractivity contribution in [3.8, 4) is 28.7 Å². The summed E-state index contributed by atoms with van der Waals surface area (Å²) in [7, 11) is 0. The summed E-state index contributed by atoms with van der Waals surface area (Å²) < 4.78 is 5.49. The van der Waals surface area contributed by atoms with E-state index in [9.17, 15) is 15.3 Å². The molecule has 2 N–H and O–H groups in total. The number of rotatable bonds is 6. The zero-order valence-electron chi connectivity index (χ0n) is 35.1. The fraction of sp³-hybridized carbons (Fsp3) is 0.458. The van der Waals surface area contributed by atoms with E-state index in [0.29, 0.717) is 17.2 Å². The van der Waals surface area contributed by atoms with Crippen LogP contribution in [0.2, 0.25) is 0 Å². The molecule has 7 heteroatoms. The number of para-hydroxylation sites is 1. The normalized spacial score (nSPS) is 16.7. The van der Waals surface area contributed by atoms with E-state index in [1.54, 1.807) is 12.1 Å². The number of phenolic OH excluding ortho intramolecular Hbond substituents is 2. The molecule has 4 aromatic rings. The summed E-state index contributed by atoms with van der Waals surface area (Å²) in [5, 5.41) is 33.3. The minimum Gasteiger partial charge on any atom is -0.872 e. The fourth-order valence-corrected chi connectivity index (χ4v) is 6.44. The molecule has 0 unspecified atom stereocenters. The molecule has 1 aliphatic rings. The van der Waals surface area contributed by atoms with Gasteiger partial charge in [-0.1, -0.05) is 138 Å². The molecule has 0 aliphatic heterocycles. The molecule has 0 saturated heterocycles. The van der Waals surface area contributed by atoms with Crippen molar-refractivity contribution >= 4 is 12.4 Å². The van der Waals surface area contributed by atoms with Crippen molar-refractivity contribution < 1.29 is 36.8 Å². The van der Waals surface area contributed by atoms with Crippen LogP contribution in [0.3, 0.4) is 0 Å². The molecule has 1 radical (unpaired) electrons. The van der Waals surface area contributed by atoms with E-state index >= 15 is 0 Å². The molecule has 6 nitrogen and oxygen atoms in total. The molecule has 299 valence electrons. The topological polar surface area (TPSA) is 97.5 Å². The Morgan fingerprint density at radius 2 is 0.945 bits per heavy atom. The van der Waals surface area contributed by atoms with Crippen LogP contribution in [0.1, 0.15) is 142 Å². The molecule has 0 spiro atoms. The maximum Gasteiger partial charge on any atom is 0.128 e. The van der Waals surface area contributed by atoms with Gasteiger partial charge in [0.1, 0.15) is 23.0 Å². The Labute approximate surface area is 341 Å². The van der Waals surface area contributed by atoms with Crippen molar-refractivity contribution in [2.45, 2.75) is 143 Å². The predicted molar refractivity (Wildman–Crippen MR) is 225 cm³/mol. The van der Waals surface area contributed by atoms with Crippen LogP contribution in [0.25, 0.3) is 0 Å². The number of ether oxygens (including phenoxy) is 1. The van der Waals surface area contributed by atoms with E-state index in [2.05, 4.69) is 107 Å². The van der Waals surface area contributed by atoms with Crippen LogP contribution >= 0.6 is 0 Å². The molecule has 0 amide bonds. The Morgan fingerprint density at radius 3 is 1.31 bits per heavy atom. The van der Waals surface area contributed by atoms with E-state index in [1.807, 2.05) is 42.8 Å². The first-order valence-corrected chi connectivity index (χ1v) is 19.4. The number of hydrogen-bond donors (Lipinski definition) is 2. The first kappa shape index (κ1) is 45.3. The quantitative estimate of drug-likeness (QED) is 0.190. The van der Waals surface area contributed by atoms with Crippen LogP contribution in [0, 0.1) is 0 Å². The summed E-state index contributed by atoms with van der Waals surface area (Å²) in [5.74, 6) is 2.07. The van der Waals surface area contributed by atoms with Gasteiger partial charge in [-0.15, -0.1) is 5.75 Å². The minimum atomic E-state index is -0.179. The van der Waals surface area contributed by atoms with Crippen molar-refractivity contribution in [3.05, 3.63) is 112 Å². The summed E-state index contributed by atoms with van der Waals surface area (Å²) in [6.07, 6.45) is 7.90. The van der Waals surface area contributed by atoms with Gasteiger partial charge in [0, 0.05) is 51.5 Å². The molecule has 1 fully saturated rings. The Hall–Kier alpha value is -4.07. The molecule has 0 bridgehead atoms. The first-order chi connectivity index (χ1) is 25.0.